The van der Waals surface area contributed by atoms with Gasteiger partial charge in [-0.05, 0) is 31.4 Å². The molecule has 0 aromatic heterocycles. The molecule has 0 bridgehead atoms. The molecule has 2 fully saturated rings. The number of carbonyl (C=O) groups excluding carboxylic acids is 1. The van der Waals surface area contributed by atoms with E-state index >= 15 is 0 Å². The Labute approximate surface area is 129 Å². The van der Waals surface area contributed by atoms with Crippen molar-refractivity contribution in [3.8, 4) is 0 Å². The van der Waals surface area contributed by atoms with Crippen LogP contribution < -0.4 is 0 Å². The van der Waals surface area contributed by atoms with Gasteiger partial charge in [-0.2, -0.15) is 0 Å². The molecule has 0 aliphatic carbocycles. The summed E-state index contributed by atoms with van der Waals surface area (Å²) < 4.78 is 0. The summed E-state index contributed by atoms with van der Waals surface area (Å²) in [5.74, 6) is 0.288. The lowest BCUT2D eigenvalue weighted by molar-refractivity contribution is -0.130. The van der Waals surface area contributed by atoms with Gasteiger partial charge in [-0.3, -0.25) is 9.69 Å². The lowest BCUT2D eigenvalue weighted by atomic mass is 10.0. The highest BCUT2D eigenvalue weighted by Gasteiger charge is 2.36. The van der Waals surface area contributed by atoms with Gasteiger partial charge in [0.15, 0.2) is 0 Å². The Balaban J connectivity index is 1.61. The normalized spacial score (nSPS) is 28.1. The molecular weight excluding hydrogens is 316 g/mol. The topological polar surface area (TPSA) is 23.6 Å². The number of nitrogens with zero attached hydrogens (tertiary/aromatic N) is 2. The lowest BCUT2D eigenvalue weighted by Crippen LogP contribution is -2.48. The molecule has 3 rings (SSSR count). The molecular formula is C16H21BrN2O. The number of alkyl halides is 1. The first-order chi connectivity index (χ1) is 9.74. The third-order valence-electron chi connectivity index (χ3n) is 4.34. The van der Waals surface area contributed by atoms with E-state index in [-0.39, 0.29) is 10.7 Å². The summed E-state index contributed by atoms with van der Waals surface area (Å²) in [6.07, 6.45) is 3.29. The van der Waals surface area contributed by atoms with Gasteiger partial charge in [-0.25, -0.2) is 0 Å². The molecule has 0 spiro atoms. The zero-order valence-corrected chi connectivity index (χ0v) is 13.3. The minimum absolute atomic E-state index is 0.0481. The minimum Gasteiger partial charge on any atom is -0.337 e. The Morgan fingerprint density at radius 3 is 2.65 bits per heavy atom. The van der Waals surface area contributed by atoms with Crippen LogP contribution in [0.2, 0.25) is 0 Å². The zero-order chi connectivity index (χ0) is 13.9. The molecule has 4 heteroatoms. The van der Waals surface area contributed by atoms with Crippen LogP contribution in [0.5, 0.6) is 0 Å². The maximum absolute atomic E-state index is 12.1. The number of likely N-dealkylation sites (tertiary alicyclic amines) is 2. The molecule has 0 N–H and O–H groups in total. The Morgan fingerprint density at radius 2 is 1.95 bits per heavy atom. The van der Waals surface area contributed by atoms with Crippen LogP contribution in [0, 0.1) is 0 Å². The van der Waals surface area contributed by atoms with Crippen LogP contribution in [0.15, 0.2) is 30.3 Å². The van der Waals surface area contributed by atoms with Crippen LogP contribution in [-0.4, -0.2) is 46.2 Å². The zero-order valence-electron chi connectivity index (χ0n) is 11.7. The molecule has 2 aliphatic rings. The highest BCUT2D eigenvalue weighted by Crippen LogP contribution is 2.25. The average molecular weight is 337 g/mol. The van der Waals surface area contributed by atoms with Crippen LogP contribution in [0.25, 0.3) is 0 Å². The van der Waals surface area contributed by atoms with Gasteiger partial charge in [0, 0.05) is 25.7 Å². The van der Waals surface area contributed by atoms with Crippen molar-refractivity contribution in [2.45, 2.75) is 36.7 Å². The van der Waals surface area contributed by atoms with E-state index in [9.17, 15) is 4.79 Å². The van der Waals surface area contributed by atoms with E-state index in [2.05, 4.69) is 56.1 Å². The van der Waals surface area contributed by atoms with E-state index in [1.807, 2.05) is 0 Å². The smallest absolute Gasteiger partial charge is 0.236 e. The fourth-order valence-electron chi connectivity index (χ4n) is 3.30. The van der Waals surface area contributed by atoms with Crippen LogP contribution in [0.3, 0.4) is 0 Å². The number of halogens is 1. The summed E-state index contributed by atoms with van der Waals surface area (Å²) in [7, 11) is 0. The average Bonchev–Trinajstić information content (AvgIpc) is 2.80. The van der Waals surface area contributed by atoms with Crippen molar-refractivity contribution in [2.24, 2.45) is 0 Å². The molecule has 2 aliphatic heterocycles. The second kappa shape index (κ2) is 6.27. The van der Waals surface area contributed by atoms with Crippen molar-refractivity contribution < 1.29 is 4.79 Å². The SMILES string of the molecule is O=C1C(Br)CCN1C1CCCN(Cc2ccccc2)C1. The number of hydrogen-bond acceptors (Lipinski definition) is 2. The predicted molar refractivity (Wildman–Crippen MR) is 83.8 cm³/mol. The van der Waals surface area contributed by atoms with E-state index in [1.54, 1.807) is 0 Å². The quantitative estimate of drug-likeness (QED) is 0.792. The number of hydrogen-bond donors (Lipinski definition) is 0. The van der Waals surface area contributed by atoms with E-state index in [1.165, 1.54) is 12.0 Å². The van der Waals surface area contributed by atoms with Crippen LogP contribution in [0.1, 0.15) is 24.8 Å². The third kappa shape index (κ3) is 3.07. The number of piperidine rings is 1. The Hall–Kier alpha value is -0.870. The molecule has 2 heterocycles. The molecule has 2 saturated heterocycles. The highest BCUT2D eigenvalue weighted by molar-refractivity contribution is 9.10. The summed E-state index contributed by atoms with van der Waals surface area (Å²) in [6, 6.07) is 11.0. The van der Waals surface area contributed by atoms with Crippen molar-refractivity contribution in [1.29, 1.82) is 0 Å². The second-order valence-electron chi connectivity index (χ2n) is 5.80. The molecule has 3 nitrogen and oxygen atoms in total. The van der Waals surface area contributed by atoms with Gasteiger partial charge in [-0.15, -0.1) is 0 Å². The maximum atomic E-state index is 12.1. The fraction of sp³-hybridized carbons (Fsp3) is 0.562. The highest BCUT2D eigenvalue weighted by atomic mass is 79.9. The van der Waals surface area contributed by atoms with Crippen LogP contribution >= 0.6 is 15.9 Å². The first-order valence-corrected chi connectivity index (χ1v) is 8.36. The van der Waals surface area contributed by atoms with Crippen molar-refractivity contribution in [1.82, 2.24) is 9.80 Å². The fourth-order valence-corrected chi connectivity index (χ4v) is 3.77. The first kappa shape index (κ1) is 14.1. The van der Waals surface area contributed by atoms with E-state index in [0.29, 0.717) is 6.04 Å². The van der Waals surface area contributed by atoms with Crippen molar-refractivity contribution in [3.05, 3.63) is 35.9 Å². The Morgan fingerprint density at radius 1 is 1.15 bits per heavy atom. The minimum atomic E-state index is 0.0481. The number of carbonyl (C=O) groups is 1. The molecule has 2 unspecified atom stereocenters. The van der Waals surface area contributed by atoms with Crippen molar-refractivity contribution in [2.75, 3.05) is 19.6 Å². The summed E-state index contributed by atoms with van der Waals surface area (Å²) in [5, 5.41) is 0. The van der Waals surface area contributed by atoms with Gasteiger partial charge in [-0.1, -0.05) is 46.3 Å². The van der Waals surface area contributed by atoms with E-state index in [0.717, 1.165) is 39.0 Å². The van der Waals surface area contributed by atoms with E-state index in [4.69, 9.17) is 0 Å². The maximum Gasteiger partial charge on any atom is 0.236 e. The summed E-state index contributed by atoms with van der Waals surface area (Å²) in [4.78, 5) is 16.8. The third-order valence-corrected chi connectivity index (χ3v) is 5.19. The first-order valence-electron chi connectivity index (χ1n) is 7.45. The van der Waals surface area contributed by atoms with Gasteiger partial charge >= 0.3 is 0 Å². The molecule has 2 atom stereocenters. The molecule has 20 heavy (non-hydrogen) atoms. The van der Waals surface area contributed by atoms with Crippen LogP contribution in [0.4, 0.5) is 0 Å². The van der Waals surface area contributed by atoms with Gasteiger partial charge in [0.25, 0.3) is 0 Å². The standard InChI is InChI=1S/C16H21BrN2O/c17-15-8-10-19(16(15)20)14-7-4-9-18(12-14)11-13-5-2-1-3-6-13/h1-3,5-6,14-15H,4,7-12H2. The molecule has 1 aromatic carbocycles. The molecule has 0 saturated carbocycles. The van der Waals surface area contributed by atoms with Gasteiger partial charge in [0.1, 0.15) is 0 Å². The van der Waals surface area contributed by atoms with Gasteiger partial charge in [0.05, 0.1) is 4.83 Å². The van der Waals surface area contributed by atoms with Crippen molar-refractivity contribution in [3.63, 3.8) is 0 Å². The molecule has 0 radical (unpaired) electrons. The Kier molecular flexibility index (Phi) is 4.41. The number of benzene rings is 1. The van der Waals surface area contributed by atoms with Gasteiger partial charge < -0.3 is 4.90 Å². The molecule has 108 valence electrons. The van der Waals surface area contributed by atoms with Crippen molar-refractivity contribution >= 4 is 21.8 Å². The van der Waals surface area contributed by atoms with E-state index < -0.39 is 0 Å². The molecule has 1 aromatic rings. The summed E-state index contributed by atoms with van der Waals surface area (Å²) in [5.41, 5.74) is 1.36. The number of amides is 1. The Bertz CT molecular complexity index is 465. The number of rotatable bonds is 3. The second-order valence-corrected chi connectivity index (χ2v) is 6.91. The summed E-state index contributed by atoms with van der Waals surface area (Å²) in [6.45, 7) is 4.07. The molecule has 1 amide bonds. The predicted octanol–water partition coefficient (Wildman–Crippen LogP) is 2.65. The largest absolute Gasteiger partial charge is 0.337 e. The summed E-state index contributed by atoms with van der Waals surface area (Å²) >= 11 is 3.47. The lowest BCUT2D eigenvalue weighted by Gasteiger charge is -2.37. The monoisotopic (exact) mass is 336 g/mol. The van der Waals surface area contributed by atoms with Crippen LogP contribution in [-0.2, 0) is 11.3 Å². The van der Waals surface area contributed by atoms with Gasteiger partial charge in [0.2, 0.25) is 5.91 Å².